The lowest BCUT2D eigenvalue weighted by Gasteiger charge is -2.00. The van der Waals surface area contributed by atoms with Crippen LogP contribution in [0.5, 0.6) is 0 Å². The van der Waals surface area contributed by atoms with Crippen LogP contribution in [-0.2, 0) is 22.5 Å². The number of amidine groups is 2. The van der Waals surface area contributed by atoms with E-state index < -0.39 is 10.2 Å². The first-order chi connectivity index (χ1) is 11.9. The molecule has 0 atom stereocenters. The molecule has 0 bridgehead atoms. The van der Waals surface area contributed by atoms with Crippen LogP contribution in [0.3, 0.4) is 0 Å². The topological polar surface area (TPSA) is 148 Å². The van der Waals surface area contributed by atoms with E-state index in [1.54, 1.807) is 11.8 Å². The van der Waals surface area contributed by atoms with Gasteiger partial charge in [0.05, 0.1) is 25.4 Å². The molecule has 0 aliphatic carbocycles. The minimum atomic E-state index is -3.61. The van der Waals surface area contributed by atoms with Gasteiger partial charge in [-0.3, -0.25) is 9.98 Å². The predicted octanol–water partition coefficient (Wildman–Crippen LogP) is -0.218. The average Bonchev–Trinajstić information content (AvgIpc) is 3.02. The maximum Gasteiger partial charge on any atom is 0.324 e. The maximum absolute atomic E-state index is 11.5. The normalized spacial score (nSPS) is 19.4. The molecule has 0 amide bonds. The molecular weight excluding hydrogens is 364 g/mol. The van der Waals surface area contributed by atoms with Crippen molar-refractivity contribution in [2.24, 2.45) is 21.5 Å². The van der Waals surface area contributed by atoms with Crippen LogP contribution in [-0.4, -0.2) is 45.5 Å². The van der Waals surface area contributed by atoms with Crippen molar-refractivity contribution in [3.8, 4) is 0 Å². The summed E-state index contributed by atoms with van der Waals surface area (Å²) < 4.78 is 33.5. The van der Waals surface area contributed by atoms with Gasteiger partial charge in [0.2, 0.25) is 0 Å². The number of furan rings is 1. The summed E-state index contributed by atoms with van der Waals surface area (Å²) in [6, 6.07) is 0. The Morgan fingerprint density at radius 2 is 1.64 bits per heavy atom. The van der Waals surface area contributed by atoms with Gasteiger partial charge in [0.1, 0.15) is 11.5 Å². The third-order valence-electron chi connectivity index (χ3n) is 3.65. The first-order valence-electron chi connectivity index (χ1n) is 7.83. The Morgan fingerprint density at radius 1 is 1.04 bits per heavy atom. The van der Waals surface area contributed by atoms with Crippen LogP contribution in [0.4, 0.5) is 0 Å². The Kier molecular flexibility index (Phi) is 6.87. The summed E-state index contributed by atoms with van der Waals surface area (Å²) in [4.78, 5) is 8.34. The van der Waals surface area contributed by atoms with Crippen molar-refractivity contribution < 1.29 is 12.8 Å². The summed E-state index contributed by atoms with van der Waals surface area (Å²) >= 11 is 1.66. The minimum Gasteiger partial charge on any atom is -0.463 e. The van der Waals surface area contributed by atoms with E-state index in [0.717, 1.165) is 28.4 Å². The summed E-state index contributed by atoms with van der Waals surface area (Å²) in [5.74, 6) is 3.61. The lowest BCUT2D eigenvalue weighted by molar-refractivity contribution is 0.479. The molecule has 140 valence electrons. The molecule has 0 unspecified atom stereocenters. The molecule has 1 aliphatic heterocycles. The summed E-state index contributed by atoms with van der Waals surface area (Å²) in [6.45, 7) is 5.53. The molecule has 0 radical (unpaired) electrons. The summed E-state index contributed by atoms with van der Waals surface area (Å²) in [5.41, 5.74) is 13.3. The van der Waals surface area contributed by atoms with E-state index in [1.165, 1.54) is 0 Å². The van der Waals surface area contributed by atoms with Gasteiger partial charge in [0.15, 0.2) is 11.7 Å². The van der Waals surface area contributed by atoms with Gasteiger partial charge in [-0.15, -0.1) is 0 Å². The zero-order valence-electron chi connectivity index (χ0n) is 14.3. The largest absolute Gasteiger partial charge is 0.463 e. The Morgan fingerprint density at radius 3 is 2.20 bits per heavy atom. The van der Waals surface area contributed by atoms with Crippen LogP contribution in [0.15, 0.2) is 14.4 Å². The SMILES string of the molecule is Cc1c(CN)oc(CSCCN=C2NS(=O)(=O)NC2=NCCN)c1C. The van der Waals surface area contributed by atoms with E-state index in [1.807, 2.05) is 13.8 Å². The predicted molar refractivity (Wildman–Crippen MR) is 101 cm³/mol. The summed E-state index contributed by atoms with van der Waals surface area (Å²) in [6.07, 6.45) is 0. The van der Waals surface area contributed by atoms with E-state index >= 15 is 0 Å². The molecule has 0 saturated carbocycles. The first-order valence-corrected chi connectivity index (χ1v) is 10.5. The molecule has 1 saturated heterocycles. The molecule has 6 N–H and O–H groups in total. The van der Waals surface area contributed by atoms with Gasteiger partial charge in [-0.2, -0.15) is 20.2 Å². The molecule has 0 aromatic carbocycles. The second-order valence-electron chi connectivity index (χ2n) is 5.41. The highest BCUT2D eigenvalue weighted by Gasteiger charge is 2.27. The molecule has 2 heterocycles. The molecule has 11 heteroatoms. The quantitative estimate of drug-likeness (QED) is 0.453. The van der Waals surface area contributed by atoms with Gasteiger partial charge in [-0.25, -0.2) is 9.44 Å². The van der Waals surface area contributed by atoms with Crippen molar-refractivity contribution >= 4 is 33.6 Å². The third-order valence-corrected chi connectivity index (χ3v) is 5.52. The van der Waals surface area contributed by atoms with E-state index in [4.69, 9.17) is 15.9 Å². The van der Waals surface area contributed by atoms with E-state index in [0.29, 0.717) is 31.9 Å². The van der Waals surface area contributed by atoms with Crippen LogP contribution in [0.1, 0.15) is 22.6 Å². The van der Waals surface area contributed by atoms with Crippen molar-refractivity contribution in [1.29, 1.82) is 0 Å². The number of nitrogens with zero attached hydrogens (tertiary/aromatic N) is 2. The minimum absolute atomic E-state index is 0.209. The highest BCUT2D eigenvalue weighted by molar-refractivity contribution is 7.98. The van der Waals surface area contributed by atoms with E-state index in [9.17, 15) is 8.42 Å². The maximum atomic E-state index is 11.5. The van der Waals surface area contributed by atoms with E-state index in [2.05, 4.69) is 19.4 Å². The first kappa shape index (κ1) is 19.8. The third kappa shape index (κ3) is 5.21. The molecule has 1 aliphatic rings. The van der Waals surface area contributed by atoms with Gasteiger partial charge in [-0.1, -0.05) is 0 Å². The number of rotatable bonds is 8. The van der Waals surface area contributed by atoms with Crippen LogP contribution >= 0.6 is 11.8 Å². The fourth-order valence-corrected chi connectivity index (χ4v) is 3.91. The standard InChI is InChI=1S/C14H24N6O3S2/c1-9-10(2)12(23-11(9)7-16)8-24-6-5-18-14-13(17-4-3-15)19-25(21,22)20-14/h3-8,15-16H2,1-2H3,(H,17,19)(H,18,20). The molecule has 25 heavy (non-hydrogen) atoms. The zero-order chi connectivity index (χ0) is 18.4. The number of thioether (sulfide) groups is 1. The lowest BCUT2D eigenvalue weighted by Crippen LogP contribution is -2.25. The van der Waals surface area contributed by atoms with Gasteiger partial charge in [0.25, 0.3) is 0 Å². The second kappa shape index (κ2) is 8.70. The molecular formula is C14H24N6O3S2. The monoisotopic (exact) mass is 388 g/mol. The van der Waals surface area contributed by atoms with Gasteiger partial charge in [0, 0.05) is 12.3 Å². The van der Waals surface area contributed by atoms with Crippen LogP contribution < -0.4 is 20.9 Å². The number of hydrogen-bond acceptors (Lipinski definition) is 8. The molecule has 0 spiro atoms. The smallest absolute Gasteiger partial charge is 0.324 e. The van der Waals surface area contributed by atoms with E-state index in [-0.39, 0.29) is 11.7 Å². The Hall–Kier alpha value is -1.56. The molecule has 1 fully saturated rings. The van der Waals surface area contributed by atoms with Crippen molar-refractivity contribution in [2.75, 3.05) is 25.4 Å². The molecule has 2 rings (SSSR count). The lowest BCUT2D eigenvalue weighted by atomic mass is 10.1. The summed E-state index contributed by atoms with van der Waals surface area (Å²) in [5, 5.41) is 0. The zero-order valence-corrected chi connectivity index (χ0v) is 16.0. The van der Waals surface area contributed by atoms with Gasteiger partial charge >= 0.3 is 10.2 Å². The van der Waals surface area contributed by atoms with Crippen molar-refractivity contribution in [1.82, 2.24) is 9.44 Å². The Labute approximate surface area is 151 Å². The van der Waals surface area contributed by atoms with Gasteiger partial charge < -0.3 is 15.9 Å². The highest BCUT2D eigenvalue weighted by Crippen LogP contribution is 2.24. The Balaban J connectivity index is 1.88. The number of nitrogens with two attached hydrogens (primary N) is 2. The fourth-order valence-electron chi connectivity index (χ4n) is 2.21. The van der Waals surface area contributed by atoms with Crippen LogP contribution in [0.25, 0.3) is 0 Å². The number of hydrogen-bond donors (Lipinski definition) is 4. The highest BCUT2D eigenvalue weighted by atomic mass is 32.2. The van der Waals surface area contributed by atoms with Crippen molar-refractivity contribution in [3.63, 3.8) is 0 Å². The van der Waals surface area contributed by atoms with Crippen LogP contribution in [0, 0.1) is 13.8 Å². The van der Waals surface area contributed by atoms with Gasteiger partial charge in [-0.05, 0) is 25.0 Å². The molecule has 1 aromatic heterocycles. The molecule has 9 nitrogen and oxygen atoms in total. The molecule has 1 aromatic rings. The summed E-state index contributed by atoms with van der Waals surface area (Å²) in [7, 11) is -3.61. The number of nitrogens with one attached hydrogen (secondary N) is 2. The Bertz CT molecular complexity index is 770. The second-order valence-corrected chi connectivity index (χ2v) is 7.93. The number of aliphatic imine (C=N–C) groups is 2. The van der Waals surface area contributed by atoms with Crippen molar-refractivity contribution in [3.05, 3.63) is 22.6 Å². The van der Waals surface area contributed by atoms with Crippen LogP contribution in [0.2, 0.25) is 0 Å². The fraction of sp³-hybridized carbons (Fsp3) is 0.571. The average molecular weight is 389 g/mol. The van der Waals surface area contributed by atoms with Crippen molar-refractivity contribution in [2.45, 2.75) is 26.1 Å².